The minimum absolute atomic E-state index is 0.965. The average Bonchev–Trinajstić information content (AvgIpc) is 2.15. The van der Waals surface area contributed by atoms with Gasteiger partial charge in [-0.25, -0.2) is 0 Å². The molecular formula is C6H6N2. The lowest BCUT2D eigenvalue weighted by Gasteiger charge is -1.91. The van der Waals surface area contributed by atoms with Crippen LogP contribution in [0.4, 0.5) is 0 Å². The second-order valence-electron chi connectivity index (χ2n) is 1.86. The van der Waals surface area contributed by atoms with E-state index in [2.05, 4.69) is 16.4 Å². The van der Waals surface area contributed by atoms with E-state index in [0.717, 1.165) is 6.54 Å². The molecule has 0 saturated carbocycles. The molecule has 2 heteroatoms. The monoisotopic (exact) mass is 106 g/mol. The van der Waals surface area contributed by atoms with E-state index in [0.29, 0.717) is 0 Å². The molecule has 0 aromatic heterocycles. The first-order chi connectivity index (χ1) is 3.97. The molecule has 2 nitrogen and oxygen atoms in total. The summed E-state index contributed by atoms with van der Waals surface area (Å²) in [4.78, 5) is 3.95. The number of fused-ring (bicyclic) bond motifs is 1. The van der Waals surface area contributed by atoms with Gasteiger partial charge in [-0.15, -0.1) is 0 Å². The van der Waals surface area contributed by atoms with Gasteiger partial charge in [-0.1, -0.05) is 6.08 Å². The predicted octanol–water partition coefficient (Wildman–Crippen LogP) is 0.442. The second-order valence-corrected chi connectivity index (χ2v) is 1.86. The fourth-order valence-electron chi connectivity index (χ4n) is 0.917. The third kappa shape index (κ3) is 0.346. The van der Waals surface area contributed by atoms with Crippen molar-refractivity contribution in [1.29, 1.82) is 0 Å². The maximum absolute atomic E-state index is 3.95. The highest BCUT2D eigenvalue weighted by molar-refractivity contribution is 5.88. The number of rotatable bonds is 0. The van der Waals surface area contributed by atoms with E-state index in [9.17, 15) is 0 Å². The smallest absolute Gasteiger partial charge is 0.0615 e. The molecule has 2 aliphatic heterocycles. The normalized spacial score (nSPS) is 22.0. The molecule has 0 bridgehead atoms. The molecule has 1 N–H and O–H groups in total. The van der Waals surface area contributed by atoms with Crippen molar-refractivity contribution in [2.24, 2.45) is 4.99 Å². The molecule has 0 atom stereocenters. The summed E-state index contributed by atoms with van der Waals surface area (Å²) in [5.41, 5.74) is 2.41. The van der Waals surface area contributed by atoms with E-state index in [4.69, 9.17) is 0 Å². The molecule has 0 spiro atoms. The Kier molecular flexibility index (Phi) is 0.592. The topological polar surface area (TPSA) is 24.4 Å². The van der Waals surface area contributed by atoms with E-state index in [1.54, 1.807) is 0 Å². The van der Waals surface area contributed by atoms with Crippen LogP contribution >= 0.6 is 0 Å². The van der Waals surface area contributed by atoms with Gasteiger partial charge in [0.15, 0.2) is 0 Å². The molecule has 0 aromatic carbocycles. The van der Waals surface area contributed by atoms with Gasteiger partial charge >= 0.3 is 0 Å². The van der Waals surface area contributed by atoms with Crippen LogP contribution in [0.1, 0.15) is 0 Å². The molecule has 0 unspecified atom stereocenters. The van der Waals surface area contributed by atoms with Crippen molar-refractivity contribution in [3.05, 3.63) is 23.5 Å². The van der Waals surface area contributed by atoms with E-state index in [1.807, 2.05) is 12.4 Å². The molecule has 0 amide bonds. The lowest BCUT2D eigenvalue weighted by atomic mass is 10.3. The van der Waals surface area contributed by atoms with Gasteiger partial charge in [0.2, 0.25) is 0 Å². The molecule has 8 heavy (non-hydrogen) atoms. The zero-order valence-electron chi connectivity index (χ0n) is 4.39. The summed E-state index contributed by atoms with van der Waals surface area (Å²) in [5, 5.41) is 3.16. The van der Waals surface area contributed by atoms with Crippen molar-refractivity contribution in [2.75, 3.05) is 6.54 Å². The number of hydrogen-bond acceptors (Lipinski definition) is 2. The van der Waals surface area contributed by atoms with E-state index >= 15 is 0 Å². The summed E-state index contributed by atoms with van der Waals surface area (Å²) in [6, 6.07) is 0. The number of nitrogens with zero attached hydrogens (tertiary/aromatic N) is 1. The molecule has 2 aliphatic rings. The lowest BCUT2D eigenvalue weighted by molar-refractivity contribution is 0.977. The Bertz CT molecular complexity index is 199. The summed E-state index contributed by atoms with van der Waals surface area (Å²) in [6.07, 6.45) is 5.84. The van der Waals surface area contributed by atoms with Crippen LogP contribution in [0.15, 0.2) is 28.5 Å². The predicted molar refractivity (Wildman–Crippen MR) is 32.7 cm³/mol. The quantitative estimate of drug-likeness (QED) is 0.476. The largest absolute Gasteiger partial charge is 0.380 e. The van der Waals surface area contributed by atoms with Crippen molar-refractivity contribution < 1.29 is 0 Å². The average molecular weight is 106 g/mol. The molecule has 0 aliphatic carbocycles. The third-order valence-corrected chi connectivity index (χ3v) is 1.34. The summed E-state index contributed by atoms with van der Waals surface area (Å²) < 4.78 is 0. The zero-order chi connectivity index (χ0) is 5.40. The van der Waals surface area contributed by atoms with Gasteiger partial charge in [-0.3, -0.25) is 4.99 Å². The fraction of sp³-hybridized carbons (Fsp3) is 0.167. The molecule has 2 rings (SSSR count). The zero-order valence-corrected chi connectivity index (χ0v) is 4.39. The van der Waals surface area contributed by atoms with Gasteiger partial charge in [-0.05, 0) is 0 Å². The summed E-state index contributed by atoms with van der Waals surface area (Å²) in [6.45, 7) is 0.965. The third-order valence-electron chi connectivity index (χ3n) is 1.34. The Morgan fingerprint density at radius 3 is 3.50 bits per heavy atom. The first-order valence-electron chi connectivity index (χ1n) is 2.64. The Labute approximate surface area is 47.6 Å². The standard InChI is InChI=1S/C6H6N2/c1-2-8-6-4-7-3-5(1)6/h1,3-4,8H,2H2. The summed E-state index contributed by atoms with van der Waals surface area (Å²) in [7, 11) is 0. The minimum atomic E-state index is 0.965. The molecule has 2 heterocycles. The van der Waals surface area contributed by atoms with Gasteiger partial charge in [-0.2, -0.15) is 0 Å². The lowest BCUT2D eigenvalue weighted by Crippen LogP contribution is -2.04. The van der Waals surface area contributed by atoms with E-state index in [1.165, 1.54) is 11.3 Å². The number of allylic oxidation sites excluding steroid dienone is 1. The van der Waals surface area contributed by atoms with Crippen molar-refractivity contribution >= 4 is 6.21 Å². The molecule has 0 fully saturated rings. The Morgan fingerprint density at radius 1 is 1.62 bits per heavy atom. The fourth-order valence-corrected chi connectivity index (χ4v) is 0.917. The Morgan fingerprint density at radius 2 is 2.62 bits per heavy atom. The second kappa shape index (κ2) is 1.22. The maximum atomic E-state index is 3.95. The Balaban J connectivity index is 2.49. The molecule has 40 valence electrons. The van der Waals surface area contributed by atoms with Crippen molar-refractivity contribution in [1.82, 2.24) is 5.32 Å². The van der Waals surface area contributed by atoms with Crippen LogP contribution in [0.5, 0.6) is 0 Å². The summed E-state index contributed by atoms with van der Waals surface area (Å²) in [5.74, 6) is 0. The molecule has 0 saturated heterocycles. The van der Waals surface area contributed by atoms with Gasteiger partial charge < -0.3 is 5.32 Å². The van der Waals surface area contributed by atoms with Crippen LogP contribution < -0.4 is 5.32 Å². The van der Waals surface area contributed by atoms with Gasteiger partial charge in [0, 0.05) is 18.3 Å². The van der Waals surface area contributed by atoms with Crippen LogP contribution in [0.25, 0.3) is 0 Å². The van der Waals surface area contributed by atoms with Crippen molar-refractivity contribution in [3.63, 3.8) is 0 Å². The highest BCUT2D eigenvalue weighted by atomic mass is 14.9. The van der Waals surface area contributed by atoms with E-state index < -0.39 is 0 Å². The van der Waals surface area contributed by atoms with Crippen LogP contribution in [-0.4, -0.2) is 12.8 Å². The first-order valence-corrected chi connectivity index (χ1v) is 2.64. The van der Waals surface area contributed by atoms with Crippen LogP contribution in [0.3, 0.4) is 0 Å². The first kappa shape index (κ1) is 3.89. The highest BCUT2D eigenvalue weighted by Gasteiger charge is 2.10. The van der Waals surface area contributed by atoms with Crippen molar-refractivity contribution in [2.45, 2.75) is 0 Å². The minimum Gasteiger partial charge on any atom is -0.380 e. The van der Waals surface area contributed by atoms with E-state index in [-0.39, 0.29) is 0 Å². The maximum Gasteiger partial charge on any atom is 0.0615 e. The molecule has 0 radical (unpaired) electrons. The summed E-state index contributed by atoms with van der Waals surface area (Å²) >= 11 is 0. The van der Waals surface area contributed by atoms with Crippen molar-refractivity contribution in [3.8, 4) is 0 Å². The number of hydrogen-bond donors (Lipinski definition) is 1. The van der Waals surface area contributed by atoms with Gasteiger partial charge in [0.1, 0.15) is 0 Å². The number of aliphatic imine (C=N–C) groups is 1. The SMILES string of the molecule is C1=NC=C2NCC=C12. The molecule has 0 aromatic rings. The number of nitrogens with one attached hydrogen (secondary N) is 1. The van der Waals surface area contributed by atoms with Crippen LogP contribution in [0, 0.1) is 0 Å². The molecular weight excluding hydrogens is 100 g/mol. The van der Waals surface area contributed by atoms with Crippen LogP contribution in [-0.2, 0) is 0 Å². The van der Waals surface area contributed by atoms with Crippen LogP contribution in [0.2, 0.25) is 0 Å². The highest BCUT2D eigenvalue weighted by Crippen LogP contribution is 2.14. The van der Waals surface area contributed by atoms with Gasteiger partial charge in [0.25, 0.3) is 0 Å². The Hall–Kier alpha value is -1.05. The van der Waals surface area contributed by atoms with Gasteiger partial charge in [0.05, 0.1) is 11.9 Å².